The van der Waals surface area contributed by atoms with Gasteiger partial charge in [0.2, 0.25) is 5.91 Å². The monoisotopic (exact) mass is 446 g/mol. The second-order valence-corrected chi connectivity index (χ2v) is 7.10. The van der Waals surface area contributed by atoms with Crippen LogP contribution < -0.4 is 15.5 Å². The van der Waals surface area contributed by atoms with E-state index < -0.39 is 10.8 Å². The van der Waals surface area contributed by atoms with E-state index in [1.807, 2.05) is 12.1 Å². The number of non-ortho nitro benzene ring substituents is 1. The van der Waals surface area contributed by atoms with Gasteiger partial charge in [-0.1, -0.05) is 30.3 Å². The fraction of sp³-hybridized carbons (Fsp3) is 0.125. The van der Waals surface area contributed by atoms with Crippen molar-refractivity contribution in [2.24, 2.45) is 5.10 Å². The lowest BCUT2D eigenvalue weighted by Crippen LogP contribution is -2.19. The summed E-state index contributed by atoms with van der Waals surface area (Å²) >= 11 is 0. The molecule has 0 bridgehead atoms. The molecule has 0 aliphatic heterocycles. The number of nitro groups is 1. The van der Waals surface area contributed by atoms with Crippen molar-refractivity contribution >= 4 is 28.9 Å². The predicted molar refractivity (Wildman–Crippen MR) is 125 cm³/mol. The lowest BCUT2D eigenvalue weighted by Gasteiger charge is -2.08. The van der Waals surface area contributed by atoms with Crippen LogP contribution >= 0.6 is 0 Å². The average molecular weight is 446 g/mol. The van der Waals surface area contributed by atoms with Gasteiger partial charge in [0.25, 0.3) is 11.6 Å². The SMILES string of the molecule is COc1ccc(CC(=O)Nc2cccc(/C(C)=N/NC(=O)c3cccc([N+](=O)[O-])c3)c2)cc1. The lowest BCUT2D eigenvalue weighted by molar-refractivity contribution is -0.384. The van der Waals surface area contributed by atoms with Crippen LogP contribution in [0.25, 0.3) is 0 Å². The van der Waals surface area contributed by atoms with Gasteiger partial charge in [-0.25, -0.2) is 5.43 Å². The maximum atomic E-state index is 12.4. The minimum absolute atomic E-state index is 0.125. The first-order valence-electron chi connectivity index (χ1n) is 9.98. The fourth-order valence-electron chi connectivity index (χ4n) is 2.98. The number of anilines is 1. The second kappa shape index (κ2) is 10.7. The molecule has 3 rings (SSSR count). The normalized spacial score (nSPS) is 10.9. The van der Waals surface area contributed by atoms with Crippen LogP contribution in [0.1, 0.15) is 28.4 Å². The third kappa shape index (κ3) is 6.47. The number of hydrazone groups is 1. The van der Waals surface area contributed by atoms with Crippen LogP contribution in [-0.4, -0.2) is 29.6 Å². The first kappa shape index (κ1) is 23.1. The number of benzene rings is 3. The van der Waals surface area contributed by atoms with E-state index in [4.69, 9.17) is 4.74 Å². The summed E-state index contributed by atoms with van der Waals surface area (Å²) in [5.41, 5.74) is 4.97. The zero-order chi connectivity index (χ0) is 23.8. The van der Waals surface area contributed by atoms with E-state index in [1.165, 1.54) is 24.3 Å². The van der Waals surface area contributed by atoms with Crippen LogP contribution in [0.2, 0.25) is 0 Å². The van der Waals surface area contributed by atoms with E-state index in [2.05, 4.69) is 15.8 Å². The summed E-state index contributed by atoms with van der Waals surface area (Å²) in [6, 6.07) is 19.7. The van der Waals surface area contributed by atoms with Crippen molar-refractivity contribution in [1.29, 1.82) is 0 Å². The highest BCUT2D eigenvalue weighted by atomic mass is 16.6. The van der Waals surface area contributed by atoms with Crippen LogP contribution in [0.5, 0.6) is 5.75 Å². The third-order valence-electron chi connectivity index (χ3n) is 4.73. The van der Waals surface area contributed by atoms with Gasteiger partial charge in [-0.05, 0) is 48.4 Å². The summed E-state index contributed by atoms with van der Waals surface area (Å²) in [6.45, 7) is 1.70. The van der Waals surface area contributed by atoms with Gasteiger partial charge in [-0.2, -0.15) is 5.10 Å². The Morgan fingerprint density at radius 1 is 1.00 bits per heavy atom. The molecule has 0 spiro atoms. The zero-order valence-corrected chi connectivity index (χ0v) is 18.1. The van der Waals surface area contributed by atoms with Gasteiger partial charge in [0, 0.05) is 23.4 Å². The van der Waals surface area contributed by atoms with Crippen molar-refractivity contribution in [2.45, 2.75) is 13.3 Å². The smallest absolute Gasteiger partial charge is 0.271 e. The largest absolute Gasteiger partial charge is 0.497 e. The average Bonchev–Trinajstić information content (AvgIpc) is 2.83. The number of carbonyl (C=O) groups excluding carboxylic acids is 2. The molecule has 0 saturated heterocycles. The molecule has 33 heavy (non-hydrogen) atoms. The third-order valence-corrected chi connectivity index (χ3v) is 4.73. The Morgan fingerprint density at radius 3 is 2.39 bits per heavy atom. The Bertz CT molecular complexity index is 1210. The molecular formula is C24H22N4O5. The molecule has 0 aliphatic carbocycles. The van der Waals surface area contributed by atoms with Crippen LogP contribution in [0.4, 0.5) is 11.4 Å². The Morgan fingerprint density at radius 2 is 1.70 bits per heavy atom. The molecule has 9 nitrogen and oxygen atoms in total. The van der Waals surface area contributed by atoms with E-state index in [0.717, 1.165) is 11.3 Å². The molecule has 2 amide bonds. The number of carbonyl (C=O) groups is 2. The zero-order valence-electron chi connectivity index (χ0n) is 18.1. The van der Waals surface area contributed by atoms with Gasteiger partial charge in [0.15, 0.2) is 0 Å². The van der Waals surface area contributed by atoms with Crippen molar-refractivity contribution < 1.29 is 19.2 Å². The Balaban J connectivity index is 1.63. The van der Waals surface area contributed by atoms with E-state index in [1.54, 1.807) is 50.4 Å². The van der Waals surface area contributed by atoms with Crippen molar-refractivity contribution in [1.82, 2.24) is 5.43 Å². The summed E-state index contributed by atoms with van der Waals surface area (Å²) in [5, 5.41) is 17.8. The molecule has 0 aromatic heterocycles. The molecule has 0 unspecified atom stereocenters. The van der Waals surface area contributed by atoms with Crippen LogP contribution in [0.3, 0.4) is 0 Å². The number of nitro benzene ring substituents is 1. The Labute approximate surface area is 190 Å². The number of nitrogens with one attached hydrogen (secondary N) is 2. The number of amides is 2. The summed E-state index contributed by atoms with van der Waals surface area (Å²) in [4.78, 5) is 35.0. The van der Waals surface area contributed by atoms with Crippen LogP contribution in [0.15, 0.2) is 77.9 Å². The first-order chi connectivity index (χ1) is 15.9. The molecule has 0 fully saturated rings. The van der Waals surface area contributed by atoms with Gasteiger partial charge in [0.1, 0.15) is 5.75 Å². The Hall–Kier alpha value is -4.53. The highest BCUT2D eigenvalue weighted by Crippen LogP contribution is 2.15. The number of methoxy groups -OCH3 is 1. The van der Waals surface area contributed by atoms with Gasteiger partial charge < -0.3 is 10.1 Å². The van der Waals surface area contributed by atoms with Gasteiger partial charge in [0.05, 0.1) is 24.2 Å². The van der Waals surface area contributed by atoms with Crippen molar-refractivity contribution in [3.05, 3.63) is 99.6 Å². The molecule has 3 aromatic rings. The molecule has 2 N–H and O–H groups in total. The van der Waals surface area contributed by atoms with E-state index in [9.17, 15) is 19.7 Å². The fourth-order valence-corrected chi connectivity index (χ4v) is 2.98. The van der Waals surface area contributed by atoms with Crippen molar-refractivity contribution in [2.75, 3.05) is 12.4 Å². The molecular weight excluding hydrogens is 424 g/mol. The van der Waals surface area contributed by atoms with E-state index >= 15 is 0 Å². The van der Waals surface area contributed by atoms with Crippen molar-refractivity contribution in [3.8, 4) is 5.75 Å². The van der Waals surface area contributed by atoms with E-state index in [-0.39, 0.29) is 23.6 Å². The summed E-state index contributed by atoms with van der Waals surface area (Å²) < 4.78 is 5.11. The molecule has 0 atom stereocenters. The molecule has 3 aromatic carbocycles. The topological polar surface area (TPSA) is 123 Å². The molecule has 9 heteroatoms. The predicted octanol–water partition coefficient (Wildman–Crippen LogP) is 3.94. The molecule has 0 saturated carbocycles. The number of nitrogens with zero attached hydrogens (tertiary/aromatic N) is 2. The summed E-state index contributed by atoms with van der Waals surface area (Å²) in [5.74, 6) is -0.0212. The number of rotatable bonds is 8. The van der Waals surface area contributed by atoms with Gasteiger partial charge >= 0.3 is 0 Å². The first-order valence-corrected chi connectivity index (χ1v) is 9.98. The van der Waals surface area contributed by atoms with Gasteiger partial charge in [-0.3, -0.25) is 19.7 Å². The lowest BCUT2D eigenvalue weighted by atomic mass is 10.1. The molecule has 168 valence electrons. The minimum atomic E-state index is -0.570. The van der Waals surface area contributed by atoms with Gasteiger partial charge in [-0.15, -0.1) is 0 Å². The molecule has 0 heterocycles. The van der Waals surface area contributed by atoms with E-state index in [0.29, 0.717) is 17.0 Å². The maximum absolute atomic E-state index is 12.4. The highest BCUT2D eigenvalue weighted by molar-refractivity contribution is 6.02. The second-order valence-electron chi connectivity index (χ2n) is 7.10. The maximum Gasteiger partial charge on any atom is 0.271 e. The highest BCUT2D eigenvalue weighted by Gasteiger charge is 2.11. The number of hydrogen-bond acceptors (Lipinski definition) is 6. The number of ether oxygens (including phenoxy) is 1. The van der Waals surface area contributed by atoms with Crippen LogP contribution in [-0.2, 0) is 11.2 Å². The minimum Gasteiger partial charge on any atom is -0.497 e. The molecule has 0 radical (unpaired) electrons. The summed E-state index contributed by atoms with van der Waals surface area (Å²) in [7, 11) is 1.58. The summed E-state index contributed by atoms with van der Waals surface area (Å²) in [6.07, 6.45) is 0.209. The Kier molecular flexibility index (Phi) is 7.48. The van der Waals surface area contributed by atoms with Crippen molar-refractivity contribution in [3.63, 3.8) is 0 Å². The molecule has 0 aliphatic rings. The quantitative estimate of drug-likeness (QED) is 0.308. The number of hydrogen-bond donors (Lipinski definition) is 2. The standard InChI is InChI=1S/C24H22N4O5/c1-16(26-27-24(30)19-6-4-8-21(15-19)28(31)32)18-5-3-7-20(14-18)25-23(29)13-17-9-11-22(33-2)12-10-17/h3-12,14-15H,13H2,1-2H3,(H,25,29)(H,27,30)/b26-16+. The van der Waals surface area contributed by atoms with Crippen LogP contribution in [0, 0.1) is 10.1 Å².